The molecule has 0 unspecified atom stereocenters. The number of benzene rings is 1. The van der Waals surface area contributed by atoms with Gasteiger partial charge in [0.15, 0.2) is 0 Å². The summed E-state index contributed by atoms with van der Waals surface area (Å²) in [6, 6.07) is 7.70. The van der Waals surface area contributed by atoms with E-state index in [0.29, 0.717) is 26.1 Å². The third kappa shape index (κ3) is 5.14. The Balaban J connectivity index is 2.41. The topological polar surface area (TPSA) is 49.8 Å². The molecule has 0 bridgehead atoms. The highest BCUT2D eigenvalue weighted by atomic mass is 16.5. The Morgan fingerprint density at radius 1 is 1.47 bits per heavy atom. The number of para-hydroxylation sites is 1. The van der Waals surface area contributed by atoms with Gasteiger partial charge in [-0.05, 0) is 18.6 Å². The Hall–Kier alpha value is -1.81. The van der Waals surface area contributed by atoms with Gasteiger partial charge >= 0.3 is 0 Å². The van der Waals surface area contributed by atoms with Gasteiger partial charge in [0.1, 0.15) is 5.75 Å². The summed E-state index contributed by atoms with van der Waals surface area (Å²) in [4.78, 5) is 13.4. The summed E-state index contributed by atoms with van der Waals surface area (Å²) in [7, 11) is 0. The van der Waals surface area contributed by atoms with Crippen LogP contribution in [0.2, 0.25) is 0 Å². The van der Waals surface area contributed by atoms with Crippen molar-refractivity contribution >= 4 is 5.91 Å². The number of nitrogens with zero attached hydrogens (tertiary/aromatic N) is 1. The second-order valence-corrected chi connectivity index (χ2v) is 4.22. The van der Waals surface area contributed by atoms with Crippen molar-refractivity contribution in [3.63, 3.8) is 0 Å². The lowest BCUT2D eigenvalue weighted by atomic mass is 10.2. The molecular weight excluding hydrogens is 242 g/mol. The number of amides is 1. The summed E-state index contributed by atoms with van der Waals surface area (Å²) in [6.45, 7) is 6.63. The van der Waals surface area contributed by atoms with E-state index < -0.39 is 0 Å². The van der Waals surface area contributed by atoms with E-state index in [1.54, 1.807) is 11.0 Å². The molecular formula is C15H21NO3. The van der Waals surface area contributed by atoms with Crippen molar-refractivity contribution in [2.45, 2.75) is 13.3 Å². The monoisotopic (exact) mass is 263 g/mol. The average Bonchev–Trinajstić information content (AvgIpc) is 2.40. The van der Waals surface area contributed by atoms with Gasteiger partial charge in [0.05, 0.1) is 19.6 Å². The molecule has 1 N–H and O–H groups in total. The van der Waals surface area contributed by atoms with Crippen LogP contribution < -0.4 is 4.74 Å². The largest absolute Gasteiger partial charge is 0.493 e. The fourth-order valence-electron chi connectivity index (χ4n) is 1.72. The number of rotatable bonds is 8. The van der Waals surface area contributed by atoms with Gasteiger partial charge in [0, 0.05) is 13.1 Å². The molecule has 19 heavy (non-hydrogen) atoms. The van der Waals surface area contributed by atoms with E-state index in [2.05, 4.69) is 6.58 Å². The van der Waals surface area contributed by atoms with Gasteiger partial charge in [-0.15, -0.1) is 6.58 Å². The zero-order chi connectivity index (χ0) is 14.1. The van der Waals surface area contributed by atoms with Gasteiger partial charge in [-0.25, -0.2) is 0 Å². The van der Waals surface area contributed by atoms with E-state index in [4.69, 9.17) is 9.84 Å². The molecule has 4 nitrogen and oxygen atoms in total. The molecule has 0 saturated heterocycles. The van der Waals surface area contributed by atoms with Gasteiger partial charge in [-0.3, -0.25) is 4.79 Å². The van der Waals surface area contributed by atoms with Crippen LogP contribution in [0.15, 0.2) is 36.9 Å². The van der Waals surface area contributed by atoms with Crippen molar-refractivity contribution in [1.29, 1.82) is 0 Å². The first-order valence-corrected chi connectivity index (χ1v) is 6.37. The van der Waals surface area contributed by atoms with Crippen molar-refractivity contribution < 1.29 is 14.6 Å². The Kier molecular flexibility index (Phi) is 6.68. The van der Waals surface area contributed by atoms with Crippen LogP contribution in [0.1, 0.15) is 12.0 Å². The van der Waals surface area contributed by atoms with Gasteiger partial charge < -0.3 is 14.7 Å². The van der Waals surface area contributed by atoms with Gasteiger partial charge in [-0.2, -0.15) is 0 Å². The number of carbonyl (C=O) groups excluding carboxylic acids is 1. The van der Waals surface area contributed by atoms with Crippen LogP contribution in [-0.2, 0) is 4.79 Å². The van der Waals surface area contributed by atoms with Crippen LogP contribution in [-0.4, -0.2) is 42.2 Å². The van der Waals surface area contributed by atoms with Crippen molar-refractivity contribution in [3.05, 3.63) is 42.5 Å². The average molecular weight is 263 g/mol. The first-order valence-electron chi connectivity index (χ1n) is 6.37. The number of hydrogen-bond acceptors (Lipinski definition) is 3. The van der Waals surface area contributed by atoms with Crippen LogP contribution in [0.25, 0.3) is 0 Å². The summed E-state index contributed by atoms with van der Waals surface area (Å²) in [5.41, 5.74) is 1.05. The van der Waals surface area contributed by atoms with E-state index >= 15 is 0 Å². The van der Waals surface area contributed by atoms with Crippen LogP contribution in [0.4, 0.5) is 0 Å². The molecule has 0 fully saturated rings. The van der Waals surface area contributed by atoms with E-state index in [0.717, 1.165) is 11.3 Å². The number of ether oxygens (including phenoxy) is 1. The van der Waals surface area contributed by atoms with E-state index in [1.807, 2.05) is 31.2 Å². The maximum Gasteiger partial charge on any atom is 0.226 e. The van der Waals surface area contributed by atoms with Crippen molar-refractivity contribution in [2.75, 3.05) is 26.3 Å². The third-order valence-electron chi connectivity index (χ3n) is 2.74. The van der Waals surface area contributed by atoms with Gasteiger partial charge in [-0.1, -0.05) is 24.3 Å². The number of carbonyl (C=O) groups is 1. The lowest BCUT2D eigenvalue weighted by Crippen LogP contribution is -2.34. The van der Waals surface area contributed by atoms with Crippen LogP contribution in [0.3, 0.4) is 0 Å². The van der Waals surface area contributed by atoms with E-state index in [9.17, 15) is 4.79 Å². The molecule has 1 aromatic carbocycles. The highest BCUT2D eigenvalue weighted by Crippen LogP contribution is 2.16. The lowest BCUT2D eigenvalue weighted by Gasteiger charge is -2.20. The van der Waals surface area contributed by atoms with Crippen molar-refractivity contribution in [2.24, 2.45) is 0 Å². The number of aryl methyl sites for hydroxylation is 1. The normalized spacial score (nSPS) is 10.0. The molecule has 0 radical (unpaired) electrons. The zero-order valence-corrected chi connectivity index (χ0v) is 11.3. The van der Waals surface area contributed by atoms with Crippen molar-refractivity contribution in [3.8, 4) is 5.75 Å². The Bertz CT molecular complexity index is 418. The number of aliphatic hydroxyl groups is 1. The molecule has 0 aromatic heterocycles. The Morgan fingerprint density at radius 2 is 2.21 bits per heavy atom. The molecule has 0 spiro atoms. The number of aliphatic hydroxyl groups excluding tert-OH is 1. The predicted octanol–water partition coefficient (Wildman–Crippen LogP) is 1.77. The zero-order valence-electron chi connectivity index (χ0n) is 11.3. The number of hydrogen-bond donors (Lipinski definition) is 1. The smallest absolute Gasteiger partial charge is 0.226 e. The minimum absolute atomic E-state index is 0.0393. The standard InChI is InChI=1S/C15H21NO3/c1-3-9-16(10-11-17)15(18)8-12-19-14-7-5-4-6-13(14)2/h3-7,17H,1,8-12H2,2H3. The Morgan fingerprint density at radius 3 is 2.84 bits per heavy atom. The maximum atomic E-state index is 11.9. The first kappa shape index (κ1) is 15.2. The summed E-state index contributed by atoms with van der Waals surface area (Å²) in [6.07, 6.45) is 1.94. The van der Waals surface area contributed by atoms with Gasteiger partial charge in [0.25, 0.3) is 0 Å². The SMILES string of the molecule is C=CCN(CCO)C(=O)CCOc1ccccc1C. The highest BCUT2D eigenvalue weighted by molar-refractivity contribution is 5.76. The molecule has 0 aliphatic carbocycles. The minimum Gasteiger partial charge on any atom is -0.493 e. The molecule has 1 aromatic rings. The second-order valence-electron chi connectivity index (χ2n) is 4.22. The molecule has 0 saturated carbocycles. The molecule has 0 heterocycles. The molecule has 104 valence electrons. The Labute approximate surface area is 114 Å². The molecule has 4 heteroatoms. The fraction of sp³-hybridized carbons (Fsp3) is 0.400. The third-order valence-corrected chi connectivity index (χ3v) is 2.74. The van der Waals surface area contributed by atoms with Gasteiger partial charge in [0.2, 0.25) is 5.91 Å². The van der Waals surface area contributed by atoms with Crippen molar-refractivity contribution in [1.82, 2.24) is 4.90 Å². The first-order chi connectivity index (χ1) is 9.19. The van der Waals surface area contributed by atoms with E-state index in [-0.39, 0.29) is 12.5 Å². The lowest BCUT2D eigenvalue weighted by molar-refractivity contribution is -0.131. The fourth-order valence-corrected chi connectivity index (χ4v) is 1.72. The molecule has 0 atom stereocenters. The van der Waals surface area contributed by atoms with E-state index in [1.165, 1.54) is 0 Å². The summed E-state index contributed by atoms with van der Waals surface area (Å²) >= 11 is 0. The summed E-state index contributed by atoms with van der Waals surface area (Å²) in [5, 5.41) is 8.89. The molecule has 0 aliphatic rings. The summed E-state index contributed by atoms with van der Waals surface area (Å²) in [5.74, 6) is 0.760. The highest BCUT2D eigenvalue weighted by Gasteiger charge is 2.11. The quantitative estimate of drug-likeness (QED) is 0.727. The van der Waals surface area contributed by atoms with Crippen LogP contribution >= 0.6 is 0 Å². The predicted molar refractivity (Wildman–Crippen MR) is 75.2 cm³/mol. The molecule has 1 rings (SSSR count). The van der Waals surface area contributed by atoms with Crippen LogP contribution in [0, 0.1) is 6.92 Å². The molecule has 0 aliphatic heterocycles. The molecule has 1 amide bonds. The summed E-state index contributed by atoms with van der Waals surface area (Å²) < 4.78 is 5.58. The van der Waals surface area contributed by atoms with Crippen LogP contribution in [0.5, 0.6) is 5.75 Å². The maximum absolute atomic E-state index is 11.9. The minimum atomic E-state index is -0.0434. The second kappa shape index (κ2) is 8.32.